The van der Waals surface area contributed by atoms with E-state index in [1.165, 1.54) is 0 Å². The third-order valence-corrected chi connectivity index (χ3v) is 6.14. The molecule has 2 unspecified atom stereocenters. The van der Waals surface area contributed by atoms with E-state index in [0.29, 0.717) is 12.3 Å². The Balaban J connectivity index is 2.86. The third kappa shape index (κ3) is 9.38. The number of carbonyl (C=O) groups is 1. The SMILES string of the molecule is CC(C)(C)CC(N1CCCC1=O)C(C)(C)CCC(C)(C)CC(CO)OC(C)(C)C. The first-order valence-corrected chi connectivity index (χ1v) is 11.5. The van der Waals surface area contributed by atoms with E-state index in [1.807, 2.05) is 20.8 Å². The molecular formula is C25H49NO3. The van der Waals surface area contributed by atoms with Crippen LogP contribution >= 0.6 is 0 Å². The Labute approximate surface area is 180 Å². The highest BCUT2D eigenvalue weighted by molar-refractivity contribution is 5.78. The van der Waals surface area contributed by atoms with Crippen LogP contribution in [0.25, 0.3) is 0 Å². The smallest absolute Gasteiger partial charge is 0.222 e. The maximum absolute atomic E-state index is 12.5. The fourth-order valence-electron chi connectivity index (χ4n) is 4.58. The number of carbonyl (C=O) groups excluding carboxylic acids is 1. The van der Waals surface area contributed by atoms with Crippen molar-refractivity contribution in [2.24, 2.45) is 16.2 Å². The number of likely N-dealkylation sites (tertiary alicyclic amines) is 1. The van der Waals surface area contributed by atoms with Crippen LogP contribution in [0.3, 0.4) is 0 Å². The van der Waals surface area contributed by atoms with E-state index in [1.54, 1.807) is 0 Å². The minimum atomic E-state index is -0.253. The second-order valence-electron chi connectivity index (χ2n) is 12.9. The number of amides is 1. The zero-order valence-electron chi connectivity index (χ0n) is 21.0. The van der Waals surface area contributed by atoms with E-state index in [9.17, 15) is 9.90 Å². The molecule has 1 rings (SSSR count). The van der Waals surface area contributed by atoms with Crippen molar-refractivity contribution in [2.45, 2.75) is 126 Å². The Bertz CT molecular complexity index is 525. The molecule has 0 saturated carbocycles. The Hall–Kier alpha value is -0.610. The van der Waals surface area contributed by atoms with Crippen molar-refractivity contribution in [1.82, 2.24) is 4.90 Å². The number of ether oxygens (including phenoxy) is 1. The molecule has 1 N–H and O–H groups in total. The predicted octanol–water partition coefficient (Wildman–Crippen LogP) is 5.81. The van der Waals surface area contributed by atoms with Gasteiger partial charge in [0.1, 0.15) is 0 Å². The van der Waals surface area contributed by atoms with Gasteiger partial charge in [-0.1, -0.05) is 48.5 Å². The topological polar surface area (TPSA) is 49.8 Å². The highest BCUT2D eigenvalue weighted by Crippen LogP contribution is 2.42. The molecule has 1 amide bonds. The largest absolute Gasteiger partial charge is 0.394 e. The molecule has 0 aromatic heterocycles. The molecule has 0 aromatic carbocycles. The van der Waals surface area contributed by atoms with E-state index < -0.39 is 0 Å². The van der Waals surface area contributed by atoms with E-state index >= 15 is 0 Å². The quantitative estimate of drug-likeness (QED) is 0.493. The van der Waals surface area contributed by atoms with Gasteiger partial charge in [-0.15, -0.1) is 0 Å². The fraction of sp³-hybridized carbons (Fsp3) is 0.960. The number of hydrogen-bond donors (Lipinski definition) is 1. The number of hydrogen-bond acceptors (Lipinski definition) is 3. The summed E-state index contributed by atoms with van der Waals surface area (Å²) in [5.41, 5.74) is 0.0425. The van der Waals surface area contributed by atoms with Gasteiger partial charge in [0.2, 0.25) is 5.91 Å². The van der Waals surface area contributed by atoms with Gasteiger partial charge in [-0.3, -0.25) is 4.79 Å². The molecule has 0 radical (unpaired) electrons. The molecule has 0 aromatic rings. The summed E-state index contributed by atoms with van der Waals surface area (Å²) in [6.07, 6.45) is 5.51. The van der Waals surface area contributed by atoms with E-state index in [0.717, 1.165) is 38.6 Å². The van der Waals surface area contributed by atoms with Gasteiger partial charge in [0, 0.05) is 19.0 Å². The maximum Gasteiger partial charge on any atom is 0.222 e. The van der Waals surface area contributed by atoms with Crippen molar-refractivity contribution in [3.8, 4) is 0 Å². The van der Waals surface area contributed by atoms with Crippen LogP contribution in [-0.2, 0) is 9.53 Å². The molecule has 4 nitrogen and oxygen atoms in total. The van der Waals surface area contributed by atoms with Crippen LogP contribution in [0.1, 0.15) is 108 Å². The molecule has 1 fully saturated rings. The summed E-state index contributed by atoms with van der Waals surface area (Å²) < 4.78 is 6.06. The first-order valence-electron chi connectivity index (χ1n) is 11.5. The number of nitrogens with zero attached hydrogens (tertiary/aromatic N) is 1. The zero-order valence-corrected chi connectivity index (χ0v) is 21.0. The molecular weight excluding hydrogens is 362 g/mol. The molecule has 1 aliphatic heterocycles. The Morgan fingerprint density at radius 2 is 1.55 bits per heavy atom. The molecule has 0 aliphatic carbocycles. The summed E-state index contributed by atoms with van der Waals surface area (Å²) >= 11 is 0. The first kappa shape index (κ1) is 26.4. The van der Waals surface area contributed by atoms with E-state index in [-0.39, 0.29) is 40.6 Å². The monoisotopic (exact) mass is 411 g/mol. The standard InChI is InChI=1S/C25H49NO3/c1-22(2,3)17-20(26-15-11-12-21(26)28)25(9,10)14-13-24(7,8)16-19(18-27)29-23(4,5)6/h19-20,27H,11-18H2,1-10H3. The lowest BCUT2D eigenvalue weighted by atomic mass is 9.69. The van der Waals surface area contributed by atoms with Gasteiger partial charge >= 0.3 is 0 Å². The lowest BCUT2D eigenvalue weighted by Crippen LogP contribution is -2.48. The van der Waals surface area contributed by atoms with Crippen molar-refractivity contribution in [3.05, 3.63) is 0 Å². The highest BCUT2D eigenvalue weighted by Gasteiger charge is 2.41. The van der Waals surface area contributed by atoms with Crippen LogP contribution in [0.5, 0.6) is 0 Å². The summed E-state index contributed by atoms with van der Waals surface area (Å²) in [5.74, 6) is 0.325. The predicted molar refractivity (Wildman–Crippen MR) is 122 cm³/mol. The van der Waals surface area contributed by atoms with Gasteiger partial charge in [0.15, 0.2) is 0 Å². The average Bonchev–Trinajstić information content (AvgIpc) is 2.93. The second kappa shape index (κ2) is 9.68. The highest BCUT2D eigenvalue weighted by atomic mass is 16.5. The van der Waals surface area contributed by atoms with Crippen molar-refractivity contribution < 1.29 is 14.6 Å². The summed E-state index contributed by atoms with van der Waals surface area (Å²) in [5, 5.41) is 9.80. The minimum Gasteiger partial charge on any atom is -0.394 e. The zero-order chi connectivity index (χ0) is 22.7. The molecule has 172 valence electrons. The fourth-order valence-corrected chi connectivity index (χ4v) is 4.58. The van der Waals surface area contributed by atoms with Crippen LogP contribution in [0.4, 0.5) is 0 Å². The van der Waals surface area contributed by atoms with Crippen LogP contribution in [0.15, 0.2) is 0 Å². The third-order valence-electron chi connectivity index (χ3n) is 6.14. The molecule has 1 aliphatic rings. The summed E-state index contributed by atoms with van der Waals surface area (Å²) in [6.45, 7) is 23.1. The Morgan fingerprint density at radius 3 is 1.97 bits per heavy atom. The molecule has 2 atom stereocenters. The summed E-state index contributed by atoms with van der Waals surface area (Å²) in [6, 6.07) is 0.271. The number of aliphatic hydroxyl groups excluding tert-OH is 1. The Kier molecular flexibility index (Phi) is 8.82. The van der Waals surface area contributed by atoms with Crippen LogP contribution < -0.4 is 0 Å². The first-order chi connectivity index (χ1) is 13.0. The van der Waals surface area contributed by atoms with Crippen molar-refractivity contribution in [3.63, 3.8) is 0 Å². The lowest BCUT2D eigenvalue weighted by molar-refractivity contribution is -0.133. The van der Waals surface area contributed by atoms with Gasteiger partial charge in [-0.25, -0.2) is 0 Å². The molecule has 0 bridgehead atoms. The van der Waals surface area contributed by atoms with Crippen molar-refractivity contribution >= 4 is 5.91 Å². The van der Waals surface area contributed by atoms with Crippen molar-refractivity contribution in [2.75, 3.05) is 13.2 Å². The maximum atomic E-state index is 12.5. The van der Waals surface area contributed by atoms with Gasteiger partial charge in [0.05, 0.1) is 18.3 Å². The summed E-state index contributed by atoms with van der Waals surface area (Å²) in [4.78, 5) is 14.7. The number of aliphatic hydroxyl groups is 1. The van der Waals surface area contributed by atoms with Crippen LogP contribution in [-0.4, -0.2) is 46.8 Å². The van der Waals surface area contributed by atoms with Crippen molar-refractivity contribution in [1.29, 1.82) is 0 Å². The molecule has 1 saturated heterocycles. The van der Waals surface area contributed by atoms with E-state index in [2.05, 4.69) is 53.4 Å². The van der Waals surface area contributed by atoms with Gasteiger partial charge in [0.25, 0.3) is 0 Å². The minimum absolute atomic E-state index is 0.0458. The van der Waals surface area contributed by atoms with Gasteiger partial charge in [-0.2, -0.15) is 0 Å². The van der Waals surface area contributed by atoms with Gasteiger partial charge < -0.3 is 14.7 Å². The normalized spacial score (nSPS) is 19.0. The van der Waals surface area contributed by atoms with Crippen LogP contribution in [0.2, 0.25) is 0 Å². The lowest BCUT2D eigenvalue weighted by Gasteiger charge is -2.45. The molecule has 4 heteroatoms. The average molecular weight is 412 g/mol. The molecule has 1 heterocycles. The number of rotatable bonds is 10. The Morgan fingerprint density at radius 1 is 0.966 bits per heavy atom. The van der Waals surface area contributed by atoms with Crippen LogP contribution in [0, 0.1) is 16.2 Å². The molecule has 29 heavy (non-hydrogen) atoms. The van der Waals surface area contributed by atoms with Gasteiger partial charge in [-0.05, 0) is 69.1 Å². The molecule has 0 spiro atoms. The van der Waals surface area contributed by atoms with E-state index in [4.69, 9.17) is 4.74 Å². The second-order valence-corrected chi connectivity index (χ2v) is 12.9. The summed E-state index contributed by atoms with van der Waals surface area (Å²) in [7, 11) is 0.